The fourth-order valence-electron chi connectivity index (χ4n) is 2.17. The normalized spacial score (nSPS) is 11.0. The van der Waals surface area contributed by atoms with E-state index >= 15 is 0 Å². The minimum atomic E-state index is -0.167. The van der Waals surface area contributed by atoms with E-state index < -0.39 is 0 Å². The second-order valence-electron chi connectivity index (χ2n) is 4.75. The third kappa shape index (κ3) is 2.42. The molecule has 0 atom stereocenters. The van der Waals surface area contributed by atoms with Gasteiger partial charge in [0.25, 0.3) is 5.56 Å². The van der Waals surface area contributed by atoms with Gasteiger partial charge >= 0.3 is 0 Å². The van der Waals surface area contributed by atoms with Crippen molar-refractivity contribution < 1.29 is 4.74 Å². The summed E-state index contributed by atoms with van der Waals surface area (Å²) in [6.07, 6.45) is 0. The number of hydrogen-bond acceptors (Lipinski definition) is 3. The molecule has 1 aromatic carbocycles. The first-order valence-corrected chi connectivity index (χ1v) is 6.26. The van der Waals surface area contributed by atoms with E-state index in [2.05, 4.69) is 24.0 Å². The zero-order chi connectivity index (χ0) is 14.0. The van der Waals surface area contributed by atoms with E-state index in [0.29, 0.717) is 11.5 Å². The smallest absolute Gasteiger partial charge is 0.269 e. The summed E-state index contributed by atoms with van der Waals surface area (Å²) in [4.78, 5) is 11.6. The Balaban J connectivity index is 2.57. The van der Waals surface area contributed by atoms with Gasteiger partial charge in [0.05, 0.1) is 18.4 Å². The zero-order valence-corrected chi connectivity index (χ0v) is 11.4. The van der Waals surface area contributed by atoms with Crippen molar-refractivity contribution in [1.29, 1.82) is 0 Å². The Bertz CT molecular complexity index is 626. The molecule has 0 saturated carbocycles. The van der Waals surface area contributed by atoms with E-state index in [1.807, 2.05) is 18.2 Å². The minimum Gasteiger partial charge on any atom is -0.496 e. The summed E-state index contributed by atoms with van der Waals surface area (Å²) < 4.78 is 5.35. The Morgan fingerprint density at radius 1 is 1.32 bits per heavy atom. The van der Waals surface area contributed by atoms with E-state index in [9.17, 15) is 4.79 Å². The van der Waals surface area contributed by atoms with Crippen molar-refractivity contribution in [3.63, 3.8) is 0 Å². The van der Waals surface area contributed by atoms with Gasteiger partial charge in [0.1, 0.15) is 5.75 Å². The summed E-state index contributed by atoms with van der Waals surface area (Å²) in [5.74, 6) is 1.19. The third-order valence-corrected chi connectivity index (χ3v) is 3.22. The Kier molecular flexibility index (Phi) is 3.76. The van der Waals surface area contributed by atoms with Crippen LogP contribution in [0.5, 0.6) is 5.75 Å². The number of ether oxygens (including phenoxy) is 1. The molecule has 19 heavy (non-hydrogen) atoms. The number of methoxy groups -OCH3 is 1. The predicted molar refractivity (Wildman–Crippen MR) is 75.4 cm³/mol. The quantitative estimate of drug-likeness (QED) is 0.786. The van der Waals surface area contributed by atoms with Crippen molar-refractivity contribution >= 4 is 0 Å². The number of hydrogen-bond donors (Lipinski definition) is 3. The number of benzene rings is 1. The van der Waals surface area contributed by atoms with Gasteiger partial charge in [0.15, 0.2) is 0 Å². The molecule has 0 saturated heterocycles. The van der Waals surface area contributed by atoms with Gasteiger partial charge in [0.2, 0.25) is 0 Å². The maximum Gasteiger partial charge on any atom is 0.269 e. The van der Waals surface area contributed by atoms with Crippen molar-refractivity contribution in [3.8, 4) is 17.0 Å². The average Bonchev–Trinajstić information content (AvgIpc) is 2.78. The molecule has 1 heterocycles. The fraction of sp³-hybridized carbons (Fsp3) is 0.357. The molecule has 102 valence electrons. The molecule has 1 aromatic heterocycles. The molecule has 0 bridgehead atoms. The largest absolute Gasteiger partial charge is 0.496 e. The Morgan fingerprint density at radius 3 is 2.63 bits per heavy atom. The van der Waals surface area contributed by atoms with Crippen molar-refractivity contribution in [1.82, 2.24) is 10.2 Å². The standard InChI is InChI=1S/C14H19N3O2/c1-8(2)10-6-9(4-5-12(10)19-3)13-11(7-15)14(18)17-16-13/h4-6,8H,7,15H2,1-3H3,(H2,16,17,18). The van der Waals surface area contributed by atoms with Crippen LogP contribution in [0.4, 0.5) is 0 Å². The first-order chi connectivity index (χ1) is 9.08. The summed E-state index contributed by atoms with van der Waals surface area (Å²) in [7, 11) is 1.66. The van der Waals surface area contributed by atoms with Crippen molar-refractivity contribution in [2.45, 2.75) is 26.3 Å². The summed E-state index contributed by atoms with van der Waals surface area (Å²) in [6, 6.07) is 5.86. The predicted octanol–water partition coefficient (Wildman–Crippen LogP) is 1.96. The van der Waals surface area contributed by atoms with Gasteiger partial charge < -0.3 is 10.5 Å². The highest BCUT2D eigenvalue weighted by Gasteiger charge is 2.14. The molecule has 5 nitrogen and oxygen atoms in total. The van der Waals surface area contributed by atoms with Crippen LogP contribution in [-0.2, 0) is 6.54 Å². The summed E-state index contributed by atoms with van der Waals surface area (Å²) in [6.45, 7) is 4.41. The van der Waals surface area contributed by atoms with Crippen LogP contribution in [0.1, 0.15) is 30.9 Å². The van der Waals surface area contributed by atoms with E-state index in [0.717, 1.165) is 22.6 Å². The van der Waals surface area contributed by atoms with Crippen LogP contribution in [0, 0.1) is 0 Å². The molecule has 0 aliphatic heterocycles. The SMILES string of the molecule is COc1ccc(-c2[nH][nH]c(=O)c2CN)cc1C(C)C. The van der Waals surface area contributed by atoms with Crippen LogP contribution in [0.2, 0.25) is 0 Å². The Labute approximate surface area is 111 Å². The highest BCUT2D eigenvalue weighted by Crippen LogP contribution is 2.31. The molecule has 4 N–H and O–H groups in total. The van der Waals surface area contributed by atoms with E-state index in [4.69, 9.17) is 10.5 Å². The van der Waals surface area contributed by atoms with Gasteiger partial charge in [-0.2, -0.15) is 0 Å². The third-order valence-electron chi connectivity index (χ3n) is 3.22. The van der Waals surface area contributed by atoms with Gasteiger partial charge in [-0.1, -0.05) is 13.8 Å². The molecule has 0 radical (unpaired) electrons. The van der Waals surface area contributed by atoms with Crippen molar-refractivity contribution in [2.75, 3.05) is 7.11 Å². The molecule has 2 aromatic rings. The number of aromatic nitrogens is 2. The van der Waals surface area contributed by atoms with Crippen LogP contribution >= 0.6 is 0 Å². The second-order valence-corrected chi connectivity index (χ2v) is 4.75. The van der Waals surface area contributed by atoms with Gasteiger partial charge in [0, 0.05) is 12.1 Å². The van der Waals surface area contributed by atoms with Gasteiger partial charge in [-0.15, -0.1) is 0 Å². The average molecular weight is 261 g/mol. The number of aromatic amines is 2. The van der Waals surface area contributed by atoms with Gasteiger partial charge in [-0.3, -0.25) is 15.0 Å². The van der Waals surface area contributed by atoms with Crippen molar-refractivity contribution in [3.05, 3.63) is 39.7 Å². The molecule has 0 amide bonds. The molecule has 0 unspecified atom stereocenters. The molecule has 0 spiro atoms. The highest BCUT2D eigenvalue weighted by molar-refractivity contribution is 5.65. The van der Waals surface area contributed by atoms with E-state index in [-0.39, 0.29) is 12.1 Å². The number of nitrogens with two attached hydrogens (primary N) is 1. The molecule has 0 fully saturated rings. The maximum atomic E-state index is 11.6. The maximum absolute atomic E-state index is 11.6. The summed E-state index contributed by atoms with van der Waals surface area (Å²) >= 11 is 0. The lowest BCUT2D eigenvalue weighted by atomic mass is 9.97. The lowest BCUT2D eigenvalue weighted by Gasteiger charge is -2.13. The first-order valence-electron chi connectivity index (χ1n) is 6.26. The van der Waals surface area contributed by atoms with Crippen molar-refractivity contribution in [2.24, 2.45) is 5.73 Å². The van der Waals surface area contributed by atoms with Gasteiger partial charge in [-0.05, 0) is 29.7 Å². The summed E-state index contributed by atoms with van der Waals surface area (Å²) in [5, 5.41) is 5.46. The minimum absolute atomic E-state index is 0.167. The monoisotopic (exact) mass is 261 g/mol. The topological polar surface area (TPSA) is 83.9 Å². The van der Waals surface area contributed by atoms with Gasteiger partial charge in [-0.25, -0.2) is 0 Å². The molecular formula is C14H19N3O2. The van der Waals surface area contributed by atoms with Crippen LogP contribution in [0.25, 0.3) is 11.3 Å². The molecule has 2 rings (SSSR count). The molecule has 0 aliphatic rings. The molecule has 5 heteroatoms. The first kappa shape index (κ1) is 13.4. The lowest BCUT2D eigenvalue weighted by molar-refractivity contribution is 0.407. The van der Waals surface area contributed by atoms with Crippen LogP contribution < -0.4 is 16.0 Å². The van der Waals surface area contributed by atoms with Crippen LogP contribution in [0.3, 0.4) is 0 Å². The summed E-state index contributed by atoms with van der Waals surface area (Å²) in [5.41, 5.74) is 8.81. The zero-order valence-electron chi connectivity index (χ0n) is 11.4. The van der Waals surface area contributed by atoms with E-state index in [1.54, 1.807) is 7.11 Å². The molecule has 0 aliphatic carbocycles. The Morgan fingerprint density at radius 2 is 2.05 bits per heavy atom. The Hall–Kier alpha value is -2.01. The number of rotatable bonds is 4. The van der Waals surface area contributed by atoms with Crippen LogP contribution in [0.15, 0.2) is 23.0 Å². The highest BCUT2D eigenvalue weighted by atomic mass is 16.5. The van der Waals surface area contributed by atoms with E-state index in [1.165, 1.54) is 0 Å². The van der Waals surface area contributed by atoms with Crippen LogP contribution in [-0.4, -0.2) is 17.3 Å². The number of nitrogens with one attached hydrogen (secondary N) is 2. The fourth-order valence-corrected chi connectivity index (χ4v) is 2.17. The lowest BCUT2D eigenvalue weighted by Crippen LogP contribution is -2.10. The molecular weight excluding hydrogens is 242 g/mol. The number of H-pyrrole nitrogens is 2. The second kappa shape index (κ2) is 5.32.